The summed E-state index contributed by atoms with van der Waals surface area (Å²) in [5.74, 6) is 0. The third kappa shape index (κ3) is 2.63. The van der Waals surface area contributed by atoms with Crippen molar-refractivity contribution < 1.29 is 0 Å². The smallest absolute Gasteiger partial charge is 0.0605 e. The standard InChI is InChI=1S/C15H15/c1-12-5-3-7-14(9-12)11-15-8-4-6-13(2)10-15/h3-11H,1-2H3/q+1/b14-11-. The molecule has 0 bridgehead atoms. The Morgan fingerprint density at radius 1 is 1.20 bits per heavy atom. The molecule has 0 nitrogen and oxygen atoms in total. The molecule has 0 saturated carbocycles. The zero-order chi connectivity index (χ0) is 10.7. The van der Waals surface area contributed by atoms with Crippen LogP contribution in [0.1, 0.15) is 18.1 Å². The summed E-state index contributed by atoms with van der Waals surface area (Å²) in [6, 6.07) is 8.54. The summed E-state index contributed by atoms with van der Waals surface area (Å²) in [5, 5.41) is 0. The van der Waals surface area contributed by atoms with E-state index >= 15 is 0 Å². The van der Waals surface area contributed by atoms with Crippen LogP contribution in [0.4, 0.5) is 0 Å². The molecule has 0 aliphatic heterocycles. The van der Waals surface area contributed by atoms with Gasteiger partial charge in [0, 0.05) is 41.9 Å². The van der Waals surface area contributed by atoms with E-state index in [1.807, 2.05) is 0 Å². The lowest BCUT2D eigenvalue weighted by molar-refractivity contribution is 1.41. The van der Waals surface area contributed by atoms with Gasteiger partial charge in [-0.15, -0.1) is 0 Å². The summed E-state index contributed by atoms with van der Waals surface area (Å²) >= 11 is 0. The second-order valence-corrected chi connectivity index (χ2v) is 3.97. The Kier molecular flexibility index (Phi) is 2.77. The van der Waals surface area contributed by atoms with Gasteiger partial charge in [0.25, 0.3) is 0 Å². The van der Waals surface area contributed by atoms with Crippen molar-refractivity contribution in [2.75, 3.05) is 0 Å². The van der Waals surface area contributed by atoms with Gasteiger partial charge < -0.3 is 0 Å². The quantitative estimate of drug-likeness (QED) is 0.592. The highest BCUT2D eigenvalue weighted by atomic mass is 14.0. The fraction of sp³-hybridized carbons (Fsp3) is 0.133. The van der Waals surface area contributed by atoms with Crippen molar-refractivity contribution in [3.8, 4) is 0 Å². The fourth-order valence-electron chi connectivity index (χ4n) is 1.71. The van der Waals surface area contributed by atoms with Gasteiger partial charge in [0.15, 0.2) is 0 Å². The van der Waals surface area contributed by atoms with Crippen molar-refractivity contribution in [2.45, 2.75) is 13.8 Å². The third-order valence-electron chi connectivity index (χ3n) is 2.42. The van der Waals surface area contributed by atoms with Gasteiger partial charge in [-0.3, -0.25) is 0 Å². The van der Waals surface area contributed by atoms with Crippen molar-refractivity contribution in [3.05, 3.63) is 71.2 Å². The Hall–Kier alpha value is -1.69. The van der Waals surface area contributed by atoms with E-state index in [1.165, 1.54) is 22.3 Å². The molecule has 1 aromatic rings. The lowest BCUT2D eigenvalue weighted by atomic mass is 10.00. The van der Waals surface area contributed by atoms with Gasteiger partial charge in [-0.2, -0.15) is 0 Å². The zero-order valence-corrected chi connectivity index (χ0v) is 9.20. The molecule has 0 fully saturated rings. The molecule has 1 aliphatic carbocycles. The molecule has 1 aromatic carbocycles. The van der Waals surface area contributed by atoms with Crippen LogP contribution in [0, 0.1) is 13.3 Å². The van der Waals surface area contributed by atoms with E-state index in [1.54, 1.807) is 0 Å². The molecule has 0 heterocycles. The average molecular weight is 195 g/mol. The van der Waals surface area contributed by atoms with Crippen LogP contribution in [0.25, 0.3) is 6.08 Å². The summed E-state index contributed by atoms with van der Waals surface area (Å²) in [5.41, 5.74) is 5.13. The van der Waals surface area contributed by atoms with Gasteiger partial charge >= 0.3 is 0 Å². The lowest BCUT2D eigenvalue weighted by Crippen LogP contribution is -1.86. The van der Waals surface area contributed by atoms with Gasteiger partial charge in [-0.25, -0.2) is 0 Å². The van der Waals surface area contributed by atoms with E-state index in [0.717, 1.165) is 0 Å². The third-order valence-corrected chi connectivity index (χ3v) is 2.42. The summed E-state index contributed by atoms with van der Waals surface area (Å²) in [6.07, 6.45) is 10.8. The predicted octanol–water partition coefficient (Wildman–Crippen LogP) is 4.10. The molecule has 0 N–H and O–H groups in total. The van der Waals surface area contributed by atoms with Gasteiger partial charge in [0.1, 0.15) is 0 Å². The molecule has 74 valence electrons. The minimum atomic E-state index is 1.26. The van der Waals surface area contributed by atoms with E-state index in [-0.39, 0.29) is 0 Å². The molecule has 0 aromatic heterocycles. The largest absolute Gasteiger partial charge is 0.0969 e. The van der Waals surface area contributed by atoms with Crippen LogP contribution >= 0.6 is 0 Å². The molecule has 0 saturated heterocycles. The first kappa shape index (κ1) is 9.85. The Morgan fingerprint density at radius 2 is 2.07 bits per heavy atom. The van der Waals surface area contributed by atoms with Crippen molar-refractivity contribution in [1.82, 2.24) is 0 Å². The van der Waals surface area contributed by atoms with E-state index in [4.69, 9.17) is 0 Å². The minimum Gasteiger partial charge on any atom is -0.0605 e. The van der Waals surface area contributed by atoms with Crippen LogP contribution in [0.5, 0.6) is 0 Å². The highest BCUT2D eigenvalue weighted by Crippen LogP contribution is 2.18. The number of allylic oxidation sites excluding steroid dienone is 5. The van der Waals surface area contributed by atoms with E-state index in [2.05, 4.69) is 68.8 Å². The molecule has 0 spiro atoms. The zero-order valence-electron chi connectivity index (χ0n) is 9.20. The molecule has 0 radical (unpaired) electrons. The highest BCUT2D eigenvalue weighted by Gasteiger charge is 2.06. The first-order valence-corrected chi connectivity index (χ1v) is 5.22. The SMILES string of the molecule is CC1=C/C(=C\c2cccc(C)c2)[CH+]C=C1. The van der Waals surface area contributed by atoms with E-state index < -0.39 is 0 Å². The molecule has 0 atom stereocenters. The molecule has 0 heteroatoms. The molecule has 0 amide bonds. The predicted molar refractivity (Wildman–Crippen MR) is 66.4 cm³/mol. The number of aryl methyl sites for hydroxylation is 1. The summed E-state index contributed by atoms with van der Waals surface area (Å²) in [7, 11) is 0. The van der Waals surface area contributed by atoms with Crippen molar-refractivity contribution in [1.29, 1.82) is 0 Å². The van der Waals surface area contributed by atoms with Crippen LogP contribution in [-0.4, -0.2) is 0 Å². The fourth-order valence-corrected chi connectivity index (χ4v) is 1.71. The Labute approximate surface area is 91.6 Å². The number of hydrogen-bond donors (Lipinski definition) is 0. The second-order valence-electron chi connectivity index (χ2n) is 3.97. The summed E-state index contributed by atoms with van der Waals surface area (Å²) in [4.78, 5) is 0. The second kappa shape index (κ2) is 4.22. The van der Waals surface area contributed by atoms with Gasteiger partial charge in [-0.1, -0.05) is 12.1 Å². The average Bonchev–Trinajstić information content (AvgIpc) is 2.17. The van der Waals surface area contributed by atoms with Gasteiger partial charge in [-0.05, 0) is 31.5 Å². The maximum Gasteiger partial charge on any atom is 0.0969 e. The first-order valence-electron chi connectivity index (χ1n) is 5.22. The lowest BCUT2D eigenvalue weighted by Gasteiger charge is -1.98. The molecule has 1 aliphatic rings. The number of benzene rings is 1. The van der Waals surface area contributed by atoms with Crippen molar-refractivity contribution >= 4 is 6.08 Å². The van der Waals surface area contributed by atoms with Crippen LogP contribution in [0.15, 0.2) is 53.6 Å². The van der Waals surface area contributed by atoms with E-state index in [0.29, 0.717) is 0 Å². The van der Waals surface area contributed by atoms with Crippen molar-refractivity contribution in [2.24, 2.45) is 0 Å². The van der Waals surface area contributed by atoms with Gasteiger partial charge in [0.2, 0.25) is 0 Å². The van der Waals surface area contributed by atoms with E-state index in [9.17, 15) is 0 Å². The molecular formula is C15H15+. The molecule has 0 unspecified atom stereocenters. The molecule has 2 rings (SSSR count). The monoisotopic (exact) mass is 195 g/mol. The maximum atomic E-state index is 2.21. The number of hydrogen-bond acceptors (Lipinski definition) is 0. The first-order chi connectivity index (χ1) is 7.24. The molecular weight excluding hydrogens is 180 g/mol. The van der Waals surface area contributed by atoms with Crippen LogP contribution in [-0.2, 0) is 0 Å². The Morgan fingerprint density at radius 3 is 2.80 bits per heavy atom. The summed E-state index contributed by atoms with van der Waals surface area (Å²) < 4.78 is 0. The highest BCUT2D eigenvalue weighted by molar-refractivity contribution is 5.62. The number of rotatable bonds is 1. The van der Waals surface area contributed by atoms with Crippen LogP contribution in [0.2, 0.25) is 0 Å². The topological polar surface area (TPSA) is 0 Å². The Bertz CT molecular complexity index is 445. The maximum absolute atomic E-state index is 2.21. The normalized spacial score (nSPS) is 17.5. The minimum absolute atomic E-state index is 1.26. The summed E-state index contributed by atoms with van der Waals surface area (Å²) in [6.45, 7) is 4.24. The van der Waals surface area contributed by atoms with Crippen molar-refractivity contribution in [3.63, 3.8) is 0 Å². The van der Waals surface area contributed by atoms with Gasteiger partial charge in [0.05, 0.1) is 5.57 Å². The Balaban J connectivity index is 2.27. The van der Waals surface area contributed by atoms with Crippen LogP contribution < -0.4 is 0 Å². The van der Waals surface area contributed by atoms with Crippen LogP contribution in [0.3, 0.4) is 0 Å². The molecule has 15 heavy (non-hydrogen) atoms.